The van der Waals surface area contributed by atoms with E-state index in [-0.39, 0.29) is 23.5 Å². The normalized spacial score (nSPS) is 14.4. The van der Waals surface area contributed by atoms with Gasteiger partial charge in [-0.15, -0.1) is 0 Å². The van der Waals surface area contributed by atoms with Crippen molar-refractivity contribution in [2.45, 2.75) is 59.4 Å². The summed E-state index contributed by atoms with van der Waals surface area (Å²) >= 11 is 0. The molecule has 0 aliphatic rings. The molecule has 0 aliphatic heterocycles. The van der Waals surface area contributed by atoms with E-state index < -0.39 is 9.04 Å². The average molecular weight is 338 g/mol. The highest BCUT2D eigenvalue weighted by Gasteiger charge is 2.35. The maximum absolute atomic E-state index is 11.7. The van der Waals surface area contributed by atoms with E-state index in [1.165, 1.54) is 0 Å². The van der Waals surface area contributed by atoms with Gasteiger partial charge in [-0.2, -0.15) is 0 Å². The summed E-state index contributed by atoms with van der Waals surface area (Å²) in [5.74, 6) is 0.677. The van der Waals surface area contributed by atoms with E-state index in [0.717, 1.165) is 11.3 Å². The molecule has 0 saturated carbocycles. The number of nitrogens with zero attached hydrogens (tertiary/aromatic N) is 1. The zero-order valence-corrected chi connectivity index (χ0v) is 16.3. The number of hydrogen-bond acceptors (Lipinski definition) is 4. The van der Waals surface area contributed by atoms with Crippen molar-refractivity contribution in [1.29, 1.82) is 0 Å². The van der Waals surface area contributed by atoms with E-state index in [2.05, 4.69) is 44.2 Å². The molecule has 1 aromatic heterocycles. The van der Waals surface area contributed by atoms with Gasteiger partial charge in [0.1, 0.15) is 5.75 Å². The van der Waals surface area contributed by atoms with Crippen LogP contribution in [0.4, 0.5) is 0 Å². The van der Waals surface area contributed by atoms with Gasteiger partial charge in [0.2, 0.25) is 14.9 Å². The van der Waals surface area contributed by atoms with Crippen LogP contribution < -0.4 is 10.1 Å². The van der Waals surface area contributed by atoms with Gasteiger partial charge in [0, 0.05) is 13.1 Å². The maximum Gasteiger partial charge on any atom is 0.217 e. The van der Waals surface area contributed by atoms with Crippen molar-refractivity contribution in [1.82, 2.24) is 10.3 Å². The second-order valence-electron chi connectivity index (χ2n) is 7.01. The topological polar surface area (TPSA) is 60.5 Å². The Morgan fingerprint density at radius 2 is 2.04 bits per heavy atom. The van der Waals surface area contributed by atoms with Gasteiger partial charge in [-0.05, 0) is 36.6 Å². The van der Waals surface area contributed by atoms with E-state index in [4.69, 9.17) is 9.16 Å². The van der Waals surface area contributed by atoms with Crippen LogP contribution in [0.3, 0.4) is 0 Å². The van der Waals surface area contributed by atoms with Crippen molar-refractivity contribution in [2.24, 2.45) is 5.41 Å². The lowest BCUT2D eigenvalue weighted by Gasteiger charge is -2.38. The molecular formula is C17H29N2O3Si. The van der Waals surface area contributed by atoms with Crippen LogP contribution >= 0.6 is 0 Å². The smallest absolute Gasteiger partial charge is 0.217 e. The zero-order chi connectivity index (χ0) is 17.6. The van der Waals surface area contributed by atoms with Crippen LogP contribution in [0.2, 0.25) is 13.1 Å². The van der Waals surface area contributed by atoms with Crippen molar-refractivity contribution in [3.8, 4) is 5.75 Å². The van der Waals surface area contributed by atoms with Crippen molar-refractivity contribution in [2.75, 3.05) is 7.11 Å². The van der Waals surface area contributed by atoms with Crippen molar-refractivity contribution >= 4 is 14.9 Å². The maximum atomic E-state index is 11.7. The summed E-state index contributed by atoms with van der Waals surface area (Å²) in [4.78, 5) is 15.8. The Morgan fingerprint density at radius 3 is 2.52 bits per heavy atom. The highest BCUT2D eigenvalue weighted by atomic mass is 28.3. The summed E-state index contributed by atoms with van der Waals surface area (Å²) in [5.41, 5.74) is 0.926. The fraction of sp³-hybridized carbons (Fsp3) is 0.647. The summed E-state index contributed by atoms with van der Waals surface area (Å²) < 4.78 is 11.6. The first-order valence-corrected chi connectivity index (χ1v) is 10.3. The molecule has 0 aromatic carbocycles. The van der Waals surface area contributed by atoms with Crippen molar-refractivity contribution in [3.63, 3.8) is 0 Å². The second kappa shape index (κ2) is 8.45. The predicted octanol–water partition coefficient (Wildman–Crippen LogP) is 2.82. The summed E-state index contributed by atoms with van der Waals surface area (Å²) in [7, 11) is 0.733. The molecule has 0 spiro atoms. The molecule has 1 radical (unpaired) electrons. The second-order valence-corrected chi connectivity index (χ2v) is 9.06. The fourth-order valence-electron chi connectivity index (χ4n) is 2.61. The van der Waals surface area contributed by atoms with Crippen LogP contribution in [-0.4, -0.2) is 39.2 Å². The molecule has 1 aromatic rings. The third-order valence-electron chi connectivity index (χ3n) is 3.50. The highest BCUT2D eigenvalue weighted by molar-refractivity contribution is 6.48. The molecule has 1 amide bonds. The molecule has 0 saturated heterocycles. The number of hydrogen-bond donors (Lipinski definition) is 1. The number of methoxy groups -OCH3 is 1. The van der Waals surface area contributed by atoms with Crippen LogP contribution in [0.5, 0.6) is 5.75 Å². The molecule has 2 unspecified atom stereocenters. The molecule has 5 nitrogen and oxygen atoms in total. The molecule has 1 heterocycles. The number of nitrogens with one attached hydrogen (secondary N) is 1. The number of ether oxygens (including phenoxy) is 1. The first-order valence-electron chi connectivity index (χ1n) is 7.86. The third kappa shape index (κ3) is 6.31. The first-order chi connectivity index (χ1) is 10.6. The Hall–Kier alpha value is -1.40. The van der Waals surface area contributed by atoms with Gasteiger partial charge in [-0.1, -0.05) is 20.8 Å². The van der Waals surface area contributed by atoms with Crippen LogP contribution in [0, 0.1) is 5.41 Å². The van der Waals surface area contributed by atoms with Gasteiger partial charge in [0.15, 0.2) is 0 Å². The van der Waals surface area contributed by atoms with Gasteiger partial charge >= 0.3 is 0 Å². The Balaban J connectivity index is 3.12. The molecule has 1 rings (SSSR count). The summed E-state index contributed by atoms with van der Waals surface area (Å²) in [6, 6.07) is 1.81. The van der Waals surface area contributed by atoms with E-state index in [1.807, 2.05) is 6.07 Å². The van der Waals surface area contributed by atoms with Crippen LogP contribution in [0.15, 0.2) is 18.5 Å². The third-order valence-corrected chi connectivity index (χ3v) is 4.23. The average Bonchev–Trinajstić information content (AvgIpc) is 2.43. The molecule has 2 atom stereocenters. The molecule has 129 valence electrons. The Morgan fingerprint density at radius 1 is 1.39 bits per heavy atom. The van der Waals surface area contributed by atoms with E-state index in [1.54, 1.807) is 26.4 Å². The van der Waals surface area contributed by atoms with Crippen LogP contribution in [0.25, 0.3) is 0 Å². The van der Waals surface area contributed by atoms with E-state index in [0.29, 0.717) is 6.42 Å². The van der Waals surface area contributed by atoms with Gasteiger partial charge < -0.3 is 14.5 Å². The summed E-state index contributed by atoms with van der Waals surface area (Å²) in [6.45, 7) is 12.2. The van der Waals surface area contributed by atoms with Crippen molar-refractivity contribution in [3.05, 3.63) is 24.0 Å². The van der Waals surface area contributed by atoms with Gasteiger partial charge in [-0.3, -0.25) is 9.78 Å². The number of aromatic nitrogens is 1. The molecule has 0 bridgehead atoms. The lowest BCUT2D eigenvalue weighted by Crippen LogP contribution is -2.52. The van der Waals surface area contributed by atoms with E-state index >= 15 is 0 Å². The zero-order valence-electron chi connectivity index (χ0n) is 15.3. The minimum absolute atomic E-state index is 0.0538. The SMILES string of the molecule is COc1cnccc1CC(NC(C)=O)C(O[Si](C)C)C(C)(C)C. The molecule has 0 aliphatic carbocycles. The van der Waals surface area contributed by atoms with E-state index in [9.17, 15) is 4.79 Å². The summed E-state index contributed by atoms with van der Waals surface area (Å²) in [6.07, 6.45) is 4.00. The van der Waals surface area contributed by atoms with Crippen LogP contribution in [-0.2, 0) is 15.6 Å². The molecular weight excluding hydrogens is 308 g/mol. The molecule has 6 heteroatoms. The minimum Gasteiger partial charge on any atom is -0.495 e. The predicted molar refractivity (Wildman–Crippen MR) is 93.9 cm³/mol. The number of pyridine rings is 1. The first kappa shape index (κ1) is 19.6. The standard InChI is InChI=1S/C17H29N2O3Si/c1-12(20)19-14(16(17(2,3)4)22-23(6)7)10-13-8-9-18-11-15(13)21-5/h8-9,11,14,16H,10H2,1-7H3,(H,19,20). The Labute approximate surface area is 141 Å². The fourth-order valence-corrected chi connectivity index (χ4v) is 3.64. The van der Waals surface area contributed by atoms with Crippen LogP contribution in [0.1, 0.15) is 33.3 Å². The lowest BCUT2D eigenvalue weighted by atomic mass is 9.82. The monoisotopic (exact) mass is 337 g/mol. The quantitative estimate of drug-likeness (QED) is 0.777. The van der Waals surface area contributed by atoms with Gasteiger partial charge in [0.25, 0.3) is 0 Å². The van der Waals surface area contributed by atoms with Crippen molar-refractivity contribution < 1.29 is 14.0 Å². The molecule has 23 heavy (non-hydrogen) atoms. The number of carbonyl (C=O) groups excluding carboxylic acids is 1. The largest absolute Gasteiger partial charge is 0.495 e. The summed E-state index contributed by atoms with van der Waals surface area (Å²) in [5, 5.41) is 3.07. The lowest BCUT2D eigenvalue weighted by molar-refractivity contribution is -0.120. The van der Waals surface area contributed by atoms with Gasteiger partial charge in [0.05, 0.1) is 25.5 Å². The Bertz CT molecular complexity index is 515. The minimum atomic E-state index is -0.897. The number of carbonyl (C=O) groups is 1. The number of amides is 1. The molecule has 1 N–H and O–H groups in total. The Kier molecular flexibility index (Phi) is 7.22. The van der Waals surface area contributed by atoms with Gasteiger partial charge in [-0.25, -0.2) is 0 Å². The molecule has 0 fully saturated rings. The highest BCUT2D eigenvalue weighted by Crippen LogP contribution is 2.29. The number of rotatable bonds is 7.